The molecule has 88 valence electrons. The number of methoxy groups -OCH3 is 2. The highest BCUT2D eigenvalue weighted by molar-refractivity contribution is 5.92. The molecule has 1 aromatic rings. The van der Waals surface area contributed by atoms with Crippen LogP contribution in [0, 0.1) is 0 Å². The Kier molecular flexibility index (Phi) is 4.10. The monoisotopic (exact) mass is 227 g/mol. The minimum absolute atomic E-state index is 0.0374. The summed E-state index contributed by atoms with van der Waals surface area (Å²) < 4.78 is 9.51. The fraction of sp³-hybridized carbons (Fsp3) is 0.300. The summed E-state index contributed by atoms with van der Waals surface area (Å²) in [4.78, 5) is 15.8. The quantitative estimate of drug-likeness (QED) is 0.577. The molecule has 0 aliphatic rings. The van der Waals surface area contributed by atoms with Gasteiger partial charge >= 0.3 is 5.97 Å². The third kappa shape index (κ3) is 2.41. The number of hydrogen-bond donors (Lipinski definition) is 2. The first-order valence-electron chi connectivity index (χ1n) is 4.44. The van der Waals surface area contributed by atoms with E-state index in [1.54, 1.807) is 0 Å². The van der Waals surface area contributed by atoms with Crippen LogP contribution in [-0.2, 0) is 16.2 Å². The highest BCUT2D eigenvalue weighted by Gasteiger charge is 2.16. The van der Waals surface area contributed by atoms with Gasteiger partial charge in [-0.25, -0.2) is 10.7 Å². The topological polar surface area (TPSA) is 91.0 Å². The molecule has 0 aromatic heterocycles. The second kappa shape index (κ2) is 5.34. The van der Waals surface area contributed by atoms with Gasteiger partial charge in [0.05, 0.1) is 20.8 Å². The minimum Gasteiger partial charge on any atom is -0.507 e. The van der Waals surface area contributed by atoms with Gasteiger partial charge in [0.25, 0.3) is 0 Å². The van der Waals surface area contributed by atoms with E-state index in [0.29, 0.717) is 11.3 Å². The summed E-state index contributed by atoms with van der Waals surface area (Å²) in [5.74, 6) is 4.47. The van der Waals surface area contributed by atoms with Crippen molar-refractivity contribution in [2.45, 2.75) is 6.61 Å². The fourth-order valence-electron chi connectivity index (χ4n) is 1.28. The Balaban J connectivity index is 3.21. The molecule has 1 rings (SSSR count). The number of phenolic OH excluding ortho intramolecular Hbond substituents is 1. The van der Waals surface area contributed by atoms with Crippen molar-refractivity contribution < 1.29 is 24.2 Å². The molecule has 0 spiro atoms. The molecule has 0 fully saturated rings. The number of esters is 1. The van der Waals surface area contributed by atoms with Gasteiger partial charge in [-0.3, -0.25) is 4.84 Å². The van der Waals surface area contributed by atoms with Crippen LogP contribution in [0.1, 0.15) is 15.9 Å². The maximum Gasteiger partial charge on any atom is 0.341 e. The Hall–Kier alpha value is -1.79. The number of carbonyl (C=O) groups excluding carboxylic acids is 1. The number of rotatable bonds is 4. The van der Waals surface area contributed by atoms with Gasteiger partial charge < -0.3 is 14.6 Å². The summed E-state index contributed by atoms with van der Waals surface area (Å²) >= 11 is 0. The van der Waals surface area contributed by atoms with Crippen LogP contribution in [-0.4, -0.2) is 25.3 Å². The van der Waals surface area contributed by atoms with Gasteiger partial charge in [-0.1, -0.05) is 0 Å². The largest absolute Gasteiger partial charge is 0.507 e. The average Bonchev–Trinajstić information content (AvgIpc) is 2.30. The number of hydrogen-bond acceptors (Lipinski definition) is 6. The first-order valence-corrected chi connectivity index (χ1v) is 4.44. The number of benzene rings is 1. The molecule has 16 heavy (non-hydrogen) atoms. The second-order valence-corrected chi connectivity index (χ2v) is 2.98. The molecule has 0 bridgehead atoms. The lowest BCUT2D eigenvalue weighted by molar-refractivity contribution is 0.0596. The van der Waals surface area contributed by atoms with Gasteiger partial charge in [0, 0.05) is 11.6 Å². The first kappa shape index (κ1) is 12.3. The molecule has 0 unspecified atom stereocenters. The Labute approximate surface area is 92.5 Å². The minimum atomic E-state index is -0.640. The Bertz CT molecular complexity index is 391. The summed E-state index contributed by atoms with van der Waals surface area (Å²) in [5.41, 5.74) is 0.582. The van der Waals surface area contributed by atoms with E-state index in [1.165, 1.54) is 26.4 Å². The van der Waals surface area contributed by atoms with Crippen molar-refractivity contribution in [2.24, 2.45) is 5.90 Å². The van der Waals surface area contributed by atoms with E-state index in [0.717, 1.165) is 0 Å². The maximum absolute atomic E-state index is 11.3. The van der Waals surface area contributed by atoms with Gasteiger partial charge in [0.1, 0.15) is 17.1 Å². The zero-order valence-electron chi connectivity index (χ0n) is 9.02. The van der Waals surface area contributed by atoms with Gasteiger partial charge in [-0.2, -0.15) is 0 Å². The van der Waals surface area contributed by atoms with Crippen molar-refractivity contribution >= 4 is 5.97 Å². The molecule has 0 aliphatic heterocycles. The molecule has 6 heteroatoms. The van der Waals surface area contributed by atoms with E-state index in [-0.39, 0.29) is 17.9 Å². The highest BCUT2D eigenvalue weighted by atomic mass is 16.6. The van der Waals surface area contributed by atoms with Crippen LogP contribution < -0.4 is 10.6 Å². The van der Waals surface area contributed by atoms with Crippen molar-refractivity contribution in [1.29, 1.82) is 0 Å². The average molecular weight is 227 g/mol. The molecule has 0 saturated carbocycles. The molecule has 0 heterocycles. The summed E-state index contributed by atoms with van der Waals surface area (Å²) in [6.07, 6.45) is 0. The lowest BCUT2D eigenvalue weighted by Gasteiger charge is -2.10. The van der Waals surface area contributed by atoms with Crippen LogP contribution in [0.4, 0.5) is 0 Å². The van der Waals surface area contributed by atoms with Crippen LogP contribution in [0.15, 0.2) is 12.1 Å². The van der Waals surface area contributed by atoms with Crippen LogP contribution in [0.2, 0.25) is 0 Å². The zero-order chi connectivity index (χ0) is 12.1. The van der Waals surface area contributed by atoms with E-state index in [4.69, 9.17) is 10.6 Å². The number of aromatic hydroxyl groups is 1. The third-order valence-electron chi connectivity index (χ3n) is 2.04. The van der Waals surface area contributed by atoms with Crippen molar-refractivity contribution in [3.63, 3.8) is 0 Å². The summed E-state index contributed by atoms with van der Waals surface area (Å²) in [7, 11) is 2.66. The molecule has 0 saturated heterocycles. The second-order valence-electron chi connectivity index (χ2n) is 2.98. The van der Waals surface area contributed by atoms with Gasteiger partial charge in [0.2, 0.25) is 0 Å². The zero-order valence-corrected chi connectivity index (χ0v) is 9.02. The summed E-state index contributed by atoms with van der Waals surface area (Å²) in [6.45, 7) is 0.0629. The van der Waals surface area contributed by atoms with Crippen LogP contribution in [0.25, 0.3) is 0 Å². The van der Waals surface area contributed by atoms with Crippen LogP contribution in [0.3, 0.4) is 0 Å². The number of nitrogens with two attached hydrogens (primary N) is 1. The van der Waals surface area contributed by atoms with Crippen LogP contribution in [0.5, 0.6) is 11.5 Å². The Morgan fingerprint density at radius 1 is 1.44 bits per heavy atom. The van der Waals surface area contributed by atoms with Crippen molar-refractivity contribution in [1.82, 2.24) is 0 Å². The smallest absolute Gasteiger partial charge is 0.341 e. The van der Waals surface area contributed by atoms with Gasteiger partial charge in [-0.15, -0.1) is 0 Å². The SMILES string of the molecule is COC(=O)c1cc(CON)c(OC)cc1O. The van der Waals surface area contributed by atoms with Crippen LogP contribution >= 0.6 is 0 Å². The molecule has 6 nitrogen and oxygen atoms in total. The standard InChI is InChI=1S/C10H13NO5/c1-14-9-4-8(12)7(10(13)15-2)3-6(9)5-16-11/h3-4,12H,5,11H2,1-2H3. The lowest BCUT2D eigenvalue weighted by atomic mass is 10.1. The number of ether oxygens (including phenoxy) is 2. The molecular weight excluding hydrogens is 214 g/mol. The van der Waals surface area contributed by atoms with E-state index < -0.39 is 5.97 Å². The highest BCUT2D eigenvalue weighted by Crippen LogP contribution is 2.29. The van der Waals surface area contributed by atoms with Gasteiger partial charge in [-0.05, 0) is 6.07 Å². The molecule has 0 radical (unpaired) electrons. The maximum atomic E-state index is 11.3. The van der Waals surface area contributed by atoms with E-state index in [9.17, 15) is 9.90 Å². The molecule has 3 N–H and O–H groups in total. The molecular formula is C10H13NO5. The van der Waals surface area contributed by atoms with Crippen molar-refractivity contribution in [2.75, 3.05) is 14.2 Å². The predicted molar refractivity (Wildman–Crippen MR) is 55.0 cm³/mol. The number of carbonyl (C=O) groups is 1. The Morgan fingerprint density at radius 3 is 2.62 bits per heavy atom. The molecule has 0 amide bonds. The van der Waals surface area contributed by atoms with E-state index in [1.807, 2.05) is 0 Å². The lowest BCUT2D eigenvalue weighted by Crippen LogP contribution is -2.06. The predicted octanol–water partition coefficient (Wildman–Crippen LogP) is 0.578. The summed E-state index contributed by atoms with van der Waals surface area (Å²) in [6, 6.07) is 2.72. The number of phenols is 1. The molecule has 0 atom stereocenters. The first-order chi connectivity index (χ1) is 7.63. The van der Waals surface area contributed by atoms with Crippen molar-refractivity contribution in [3.05, 3.63) is 23.3 Å². The van der Waals surface area contributed by atoms with Gasteiger partial charge in [0.15, 0.2) is 0 Å². The fourth-order valence-corrected chi connectivity index (χ4v) is 1.28. The van der Waals surface area contributed by atoms with Crippen molar-refractivity contribution in [3.8, 4) is 11.5 Å². The third-order valence-corrected chi connectivity index (χ3v) is 2.04. The normalized spacial score (nSPS) is 9.94. The van der Waals surface area contributed by atoms with E-state index in [2.05, 4.69) is 9.57 Å². The molecule has 1 aromatic carbocycles. The summed E-state index contributed by atoms with van der Waals surface area (Å²) in [5, 5.41) is 9.56. The Morgan fingerprint density at radius 2 is 2.12 bits per heavy atom. The molecule has 0 aliphatic carbocycles. The van der Waals surface area contributed by atoms with E-state index >= 15 is 0 Å².